The van der Waals surface area contributed by atoms with Crippen LogP contribution in [-0.2, 0) is 4.79 Å². The highest BCUT2D eigenvalue weighted by molar-refractivity contribution is 8.00. The second-order valence-corrected chi connectivity index (χ2v) is 7.64. The minimum atomic E-state index is -0.102. The van der Waals surface area contributed by atoms with Crippen LogP contribution < -0.4 is 4.90 Å². The average Bonchev–Trinajstić information content (AvgIpc) is 2.60. The van der Waals surface area contributed by atoms with Crippen LogP contribution in [0.2, 0.25) is 0 Å². The van der Waals surface area contributed by atoms with E-state index in [-0.39, 0.29) is 11.2 Å². The first-order valence-electron chi connectivity index (χ1n) is 7.62. The van der Waals surface area contributed by atoms with Crippen LogP contribution in [0.25, 0.3) is 0 Å². The molecule has 2 nitrogen and oxygen atoms in total. The third kappa shape index (κ3) is 4.01. The number of allylic oxidation sites excluding steroid dienone is 1. The molecule has 1 heterocycles. The number of anilines is 1. The van der Waals surface area contributed by atoms with E-state index < -0.39 is 0 Å². The second-order valence-electron chi connectivity index (χ2n) is 5.30. The standard InChI is InChI=1S/C19H19NOS2/c1-20-16-11-5-6-12-17(16)22-14-8-7-13-18(19(20)21)23-15-9-3-2-4-10-15/h2-12,18H,13-14H2,1H3/b8-7-. The van der Waals surface area contributed by atoms with Crippen LogP contribution >= 0.6 is 23.5 Å². The molecule has 0 aliphatic carbocycles. The molecule has 23 heavy (non-hydrogen) atoms. The maximum absolute atomic E-state index is 13.0. The van der Waals surface area contributed by atoms with Gasteiger partial charge in [-0.3, -0.25) is 4.79 Å². The molecule has 118 valence electrons. The summed E-state index contributed by atoms with van der Waals surface area (Å²) in [6.07, 6.45) is 5.05. The fourth-order valence-electron chi connectivity index (χ4n) is 2.48. The number of rotatable bonds is 2. The molecule has 2 aromatic carbocycles. The number of fused-ring (bicyclic) bond motifs is 1. The van der Waals surface area contributed by atoms with Gasteiger partial charge in [-0.1, -0.05) is 42.5 Å². The molecule has 1 aliphatic rings. The normalized spacial score (nSPS) is 20.0. The molecule has 2 aromatic rings. The van der Waals surface area contributed by atoms with Crippen molar-refractivity contribution >= 4 is 35.1 Å². The molecule has 0 N–H and O–H groups in total. The van der Waals surface area contributed by atoms with Gasteiger partial charge in [0.1, 0.15) is 0 Å². The van der Waals surface area contributed by atoms with Crippen molar-refractivity contribution in [3.8, 4) is 0 Å². The molecule has 1 aliphatic heterocycles. The first kappa shape index (κ1) is 16.2. The zero-order valence-corrected chi connectivity index (χ0v) is 14.6. The van der Waals surface area contributed by atoms with Gasteiger partial charge in [-0.05, 0) is 30.7 Å². The fraction of sp³-hybridized carbons (Fsp3) is 0.211. The van der Waals surface area contributed by atoms with E-state index in [1.165, 1.54) is 0 Å². The maximum Gasteiger partial charge on any atom is 0.240 e. The van der Waals surface area contributed by atoms with Crippen LogP contribution in [0.15, 0.2) is 76.5 Å². The van der Waals surface area contributed by atoms with E-state index in [1.807, 2.05) is 48.3 Å². The van der Waals surface area contributed by atoms with Crippen LogP contribution in [0.1, 0.15) is 6.42 Å². The topological polar surface area (TPSA) is 20.3 Å². The Balaban J connectivity index is 1.89. The lowest BCUT2D eigenvalue weighted by atomic mass is 10.2. The molecular formula is C19H19NOS2. The minimum absolute atomic E-state index is 0.102. The van der Waals surface area contributed by atoms with E-state index in [9.17, 15) is 4.79 Å². The molecule has 1 atom stereocenters. The number of nitrogens with zero attached hydrogens (tertiary/aromatic N) is 1. The SMILES string of the molecule is CN1C(=O)C(Sc2ccccc2)C/C=C\CSc2ccccc21. The van der Waals surface area contributed by atoms with E-state index >= 15 is 0 Å². The van der Waals surface area contributed by atoms with E-state index in [0.29, 0.717) is 0 Å². The summed E-state index contributed by atoms with van der Waals surface area (Å²) >= 11 is 3.41. The summed E-state index contributed by atoms with van der Waals surface area (Å²) in [5, 5.41) is -0.102. The highest BCUT2D eigenvalue weighted by atomic mass is 32.2. The smallest absolute Gasteiger partial charge is 0.240 e. The number of thioether (sulfide) groups is 2. The minimum Gasteiger partial charge on any atom is -0.313 e. The van der Waals surface area contributed by atoms with Gasteiger partial charge in [0.05, 0.1) is 10.9 Å². The predicted molar refractivity (Wildman–Crippen MR) is 100 cm³/mol. The first-order chi connectivity index (χ1) is 11.3. The number of benzene rings is 2. The lowest BCUT2D eigenvalue weighted by Crippen LogP contribution is -2.35. The number of hydrogen-bond acceptors (Lipinski definition) is 3. The van der Waals surface area contributed by atoms with Crippen molar-refractivity contribution in [3.05, 3.63) is 66.7 Å². The van der Waals surface area contributed by atoms with Crippen molar-refractivity contribution in [2.45, 2.75) is 21.5 Å². The Morgan fingerprint density at radius 3 is 2.61 bits per heavy atom. The van der Waals surface area contributed by atoms with Crippen molar-refractivity contribution in [1.29, 1.82) is 0 Å². The van der Waals surface area contributed by atoms with Crippen molar-refractivity contribution < 1.29 is 4.79 Å². The highest BCUT2D eigenvalue weighted by Crippen LogP contribution is 2.34. The summed E-state index contributed by atoms with van der Waals surface area (Å²) in [5.74, 6) is 1.08. The van der Waals surface area contributed by atoms with Gasteiger partial charge < -0.3 is 4.90 Å². The Bertz CT molecular complexity index is 700. The number of para-hydroxylation sites is 1. The monoisotopic (exact) mass is 341 g/mol. The van der Waals surface area contributed by atoms with Gasteiger partial charge in [0, 0.05) is 22.6 Å². The van der Waals surface area contributed by atoms with Crippen LogP contribution in [0.4, 0.5) is 5.69 Å². The van der Waals surface area contributed by atoms with Crippen LogP contribution in [0.5, 0.6) is 0 Å². The molecule has 0 aromatic heterocycles. The van der Waals surface area contributed by atoms with E-state index in [2.05, 4.69) is 30.4 Å². The average molecular weight is 342 g/mol. The van der Waals surface area contributed by atoms with Gasteiger partial charge >= 0.3 is 0 Å². The number of hydrogen-bond donors (Lipinski definition) is 0. The van der Waals surface area contributed by atoms with Crippen molar-refractivity contribution in [3.63, 3.8) is 0 Å². The molecule has 0 spiro atoms. The highest BCUT2D eigenvalue weighted by Gasteiger charge is 2.25. The Hall–Kier alpha value is -1.65. The lowest BCUT2D eigenvalue weighted by molar-refractivity contribution is -0.117. The van der Waals surface area contributed by atoms with Crippen LogP contribution in [0.3, 0.4) is 0 Å². The van der Waals surface area contributed by atoms with Gasteiger partial charge in [0.25, 0.3) is 0 Å². The molecule has 4 heteroatoms. The van der Waals surface area contributed by atoms with Gasteiger partial charge in [0.2, 0.25) is 5.91 Å². The zero-order chi connectivity index (χ0) is 16.1. The Kier molecular flexibility index (Phi) is 5.47. The lowest BCUT2D eigenvalue weighted by Gasteiger charge is -2.25. The van der Waals surface area contributed by atoms with Crippen molar-refractivity contribution in [1.82, 2.24) is 0 Å². The van der Waals surface area contributed by atoms with E-state index in [0.717, 1.165) is 27.7 Å². The van der Waals surface area contributed by atoms with Gasteiger partial charge in [-0.25, -0.2) is 0 Å². The number of carbonyl (C=O) groups excluding carboxylic acids is 1. The largest absolute Gasteiger partial charge is 0.313 e. The summed E-state index contributed by atoms with van der Waals surface area (Å²) in [5.41, 5.74) is 0.997. The van der Waals surface area contributed by atoms with E-state index in [4.69, 9.17) is 0 Å². The molecule has 0 saturated heterocycles. The third-order valence-corrected chi connectivity index (χ3v) is 5.94. The molecule has 0 fully saturated rings. The van der Waals surface area contributed by atoms with Crippen LogP contribution in [0, 0.1) is 0 Å². The summed E-state index contributed by atoms with van der Waals surface area (Å²) in [6, 6.07) is 18.3. The Morgan fingerprint density at radius 1 is 1.04 bits per heavy atom. The summed E-state index contributed by atoms with van der Waals surface area (Å²) in [6.45, 7) is 0. The molecular weight excluding hydrogens is 322 g/mol. The first-order valence-corrected chi connectivity index (χ1v) is 9.48. The second kappa shape index (κ2) is 7.75. The van der Waals surface area contributed by atoms with Crippen molar-refractivity contribution in [2.24, 2.45) is 0 Å². The van der Waals surface area contributed by atoms with Crippen LogP contribution in [-0.4, -0.2) is 24.0 Å². The quantitative estimate of drug-likeness (QED) is 0.727. The maximum atomic E-state index is 13.0. The molecule has 0 radical (unpaired) electrons. The molecule has 3 rings (SSSR count). The number of amides is 1. The summed E-state index contributed by atoms with van der Waals surface area (Å²) < 4.78 is 0. The number of carbonyl (C=O) groups is 1. The van der Waals surface area contributed by atoms with Gasteiger partial charge in [-0.2, -0.15) is 0 Å². The van der Waals surface area contributed by atoms with Gasteiger partial charge in [0.15, 0.2) is 0 Å². The Morgan fingerprint density at radius 2 is 1.78 bits per heavy atom. The fourth-order valence-corrected chi connectivity index (χ4v) is 4.53. The molecule has 0 bridgehead atoms. The van der Waals surface area contributed by atoms with E-state index in [1.54, 1.807) is 23.5 Å². The van der Waals surface area contributed by atoms with Gasteiger partial charge in [-0.15, -0.1) is 23.5 Å². The zero-order valence-electron chi connectivity index (χ0n) is 13.0. The third-order valence-electron chi connectivity index (χ3n) is 3.71. The Labute approximate surface area is 146 Å². The van der Waals surface area contributed by atoms with Crippen molar-refractivity contribution in [2.75, 3.05) is 17.7 Å². The molecule has 1 unspecified atom stereocenters. The molecule has 1 amide bonds. The molecule has 0 saturated carbocycles. The summed E-state index contributed by atoms with van der Waals surface area (Å²) in [4.78, 5) is 17.1. The summed E-state index contributed by atoms with van der Waals surface area (Å²) in [7, 11) is 1.88. The predicted octanol–water partition coefficient (Wildman–Crippen LogP) is 4.86.